The van der Waals surface area contributed by atoms with Crippen molar-refractivity contribution >= 4 is 11.8 Å². The van der Waals surface area contributed by atoms with Gasteiger partial charge in [-0.25, -0.2) is 9.78 Å². The molecule has 0 saturated heterocycles. The molecule has 0 spiro atoms. The van der Waals surface area contributed by atoms with Crippen molar-refractivity contribution < 1.29 is 20.1 Å². The number of aromatic carboxylic acids is 1. The van der Waals surface area contributed by atoms with Gasteiger partial charge in [-0.05, 0) is 25.5 Å². The first kappa shape index (κ1) is 14.4. The Morgan fingerprint density at radius 3 is 2.28 bits per heavy atom. The van der Waals surface area contributed by atoms with Crippen LogP contribution in [0, 0.1) is 13.8 Å². The molecule has 0 aliphatic heterocycles. The molecule has 0 radical (unpaired) electrons. The summed E-state index contributed by atoms with van der Waals surface area (Å²) in [6.07, 6.45) is 0. The van der Waals surface area contributed by atoms with Gasteiger partial charge in [0, 0.05) is 18.8 Å². The summed E-state index contributed by atoms with van der Waals surface area (Å²) in [6.45, 7) is 3.69. The van der Waals surface area contributed by atoms with Gasteiger partial charge in [0.05, 0.1) is 13.2 Å². The fourth-order valence-electron chi connectivity index (χ4n) is 1.88. The second-order valence-corrected chi connectivity index (χ2v) is 4.02. The minimum atomic E-state index is -1.06. The van der Waals surface area contributed by atoms with Gasteiger partial charge in [-0.15, -0.1) is 0 Å². The van der Waals surface area contributed by atoms with Crippen LogP contribution in [0.2, 0.25) is 0 Å². The molecule has 6 heteroatoms. The molecular weight excluding hydrogens is 236 g/mol. The fourth-order valence-corrected chi connectivity index (χ4v) is 1.88. The van der Waals surface area contributed by atoms with E-state index in [2.05, 4.69) is 4.98 Å². The van der Waals surface area contributed by atoms with Crippen molar-refractivity contribution in [1.82, 2.24) is 4.98 Å². The number of rotatable bonds is 6. The summed E-state index contributed by atoms with van der Waals surface area (Å²) in [5.74, 6) is -0.765. The van der Waals surface area contributed by atoms with E-state index in [4.69, 9.17) is 10.2 Å². The zero-order valence-electron chi connectivity index (χ0n) is 10.6. The molecule has 18 heavy (non-hydrogen) atoms. The standard InChI is InChI=1S/C12H18N2O4/c1-8-7-9(2)13-11(10(8)12(17)18)14(3-5-15)4-6-16/h7,15-16H,3-6H2,1-2H3,(H,17,18). The Bertz CT molecular complexity index is 428. The summed E-state index contributed by atoms with van der Waals surface area (Å²) in [5.41, 5.74) is 1.43. The van der Waals surface area contributed by atoms with Crippen LogP contribution in [-0.2, 0) is 0 Å². The number of pyridine rings is 1. The molecule has 0 amide bonds. The van der Waals surface area contributed by atoms with E-state index in [0.717, 1.165) is 0 Å². The lowest BCUT2D eigenvalue weighted by Crippen LogP contribution is -2.32. The number of aromatic nitrogens is 1. The van der Waals surface area contributed by atoms with E-state index in [0.29, 0.717) is 17.1 Å². The van der Waals surface area contributed by atoms with Crippen LogP contribution < -0.4 is 4.90 Å². The van der Waals surface area contributed by atoms with Gasteiger partial charge in [0.1, 0.15) is 11.4 Å². The smallest absolute Gasteiger partial charge is 0.339 e. The van der Waals surface area contributed by atoms with Crippen LogP contribution in [-0.4, -0.2) is 52.6 Å². The molecule has 0 saturated carbocycles. The number of hydrogen-bond donors (Lipinski definition) is 3. The molecule has 0 atom stereocenters. The zero-order valence-corrected chi connectivity index (χ0v) is 10.6. The molecule has 100 valence electrons. The molecule has 0 unspecified atom stereocenters. The van der Waals surface area contributed by atoms with E-state index in [1.807, 2.05) is 0 Å². The van der Waals surface area contributed by atoms with Crippen LogP contribution in [0.5, 0.6) is 0 Å². The number of nitrogens with zero attached hydrogens (tertiary/aromatic N) is 2. The van der Waals surface area contributed by atoms with Gasteiger partial charge in [-0.3, -0.25) is 0 Å². The minimum absolute atomic E-state index is 0.113. The summed E-state index contributed by atoms with van der Waals surface area (Å²) in [4.78, 5) is 17.1. The first-order valence-electron chi connectivity index (χ1n) is 5.69. The average molecular weight is 254 g/mol. The Kier molecular flexibility index (Phi) is 5.06. The Morgan fingerprint density at radius 1 is 1.28 bits per heavy atom. The highest BCUT2D eigenvalue weighted by Crippen LogP contribution is 2.22. The van der Waals surface area contributed by atoms with Gasteiger partial charge in [0.2, 0.25) is 0 Å². The highest BCUT2D eigenvalue weighted by Gasteiger charge is 2.20. The van der Waals surface area contributed by atoms with Crippen molar-refractivity contribution in [3.63, 3.8) is 0 Å². The van der Waals surface area contributed by atoms with Gasteiger partial charge in [-0.2, -0.15) is 0 Å². The molecular formula is C12H18N2O4. The number of aliphatic hydroxyl groups excluding tert-OH is 2. The second-order valence-electron chi connectivity index (χ2n) is 4.02. The zero-order chi connectivity index (χ0) is 13.7. The highest BCUT2D eigenvalue weighted by molar-refractivity contribution is 5.95. The van der Waals surface area contributed by atoms with E-state index in [-0.39, 0.29) is 31.9 Å². The van der Waals surface area contributed by atoms with E-state index in [9.17, 15) is 9.90 Å². The molecule has 1 rings (SSSR count). The summed E-state index contributed by atoms with van der Waals surface area (Å²) in [5, 5.41) is 27.2. The summed E-state index contributed by atoms with van der Waals surface area (Å²) >= 11 is 0. The predicted molar refractivity (Wildman–Crippen MR) is 67.1 cm³/mol. The lowest BCUT2D eigenvalue weighted by molar-refractivity contribution is 0.0696. The third-order valence-electron chi connectivity index (χ3n) is 2.58. The topological polar surface area (TPSA) is 93.9 Å². The largest absolute Gasteiger partial charge is 0.478 e. The predicted octanol–water partition coefficient (Wildman–Crippen LogP) is 0.188. The van der Waals surface area contributed by atoms with Crippen molar-refractivity contribution in [2.24, 2.45) is 0 Å². The van der Waals surface area contributed by atoms with Crippen LogP contribution in [0.4, 0.5) is 5.82 Å². The van der Waals surface area contributed by atoms with Crippen LogP contribution in [0.1, 0.15) is 21.6 Å². The summed E-state index contributed by atoms with van der Waals surface area (Å²) in [7, 11) is 0. The molecule has 1 aromatic rings. The SMILES string of the molecule is Cc1cc(C)c(C(=O)O)c(N(CCO)CCO)n1. The number of anilines is 1. The van der Waals surface area contributed by atoms with Crippen molar-refractivity contribution in [3.8, 4) is 0 Å². The lowest BCUT2D eigenvalue weighted by atomic mass is 10.1. The molecule has 1 heterocycles. The molecule has 3 N–H and O–H groups in total. The molecule has 1 aromatic heterocycles. The lowest BCUT2D eigenvalue weighted by Gasteiger charge is -2.24. The van der Waals surface area contributed by atoms with Gasteiger partial charge >= 0.3 is 5.97 Å². The van der Waals surface area contributed by atoms with Crippen molar-refractivity contribution in [2.45, 2.75) is 13.8 Å². The van der Waals surface area contributed by atoms with E-state index in [1.165, 1.54) is 0 Å². The molecule has 0 bridgehead atoms. The average Bonchev–Trinajstić information content (AvgIpc) is 2.26. The van der Waals surface area contributed by atoms with E-state index < -0.39 is 5.97 Å². The Hall–Kier alpha value is -1.66. The Morgan fingerprint density at radius 2 is 1.83 bits per heavy atom. The number of carbonyl (C=O) groups is 1. The van der Waals surface area contributed by atoms with Crippen molar-refractivity contribution in [2.75, 3.05) is 31.2 Å². The third-order valence-corrected chi connectivity index (χ3v) is 2.58. The minimum Gasteiger partial charge on any atom is -0.478 e. The second kappa shape index (κ2) is 6.32. The van der Waals surface area contributed by atoms with Gasteiger partial charge < -0.3 is 20.2 Å². The van der Waals surface area contributed by atoms with Crippen LogP contribution >= 0.6 is 0 Å². The molecule has 0 fully saturated rings. The normalized spacial score (nSPS) is 10.4. The number of carboxylic acids is 1. The van der Waals surface area contributed by atoms with Gasteiger partial charge in [0.25, 0.3) is 0 Å². The number of carboxylic acid groups (broad SMARTS) is 1. The first-order chi connectivity index (χ1) is 8.51. The number of hydrogen-bond acceptors (Lipinski definition) is 5. The van der Waals surface area contributed by atoms with Gasteiger partial charge in [-0.1, -0.05) is 0 Å². The number of aliphatic hydroxyl groups is 2. The number of aryl methyl sites for hydroxylation is 2. The Balaban J connectivity index is 3.29. The molecule has 0 aliphatic carbocycles. The summed E-state index contributed by atoms with van der Waals surface area (Å²) in [6, 6.07) is 1.70. The quantitative estimate of drug-likeness (QED) is 0.671. The van der Waals surface area contributed by atoms with E-state index in [1.54, 1.807) is 24.8 Å². The Labute approximate surface area is 106 Å². The van der Waals surface area contributed by atoms with Crippen LogP contribution in [0.3, 0.4) is 0 Å². The van der Waals surface area contributed by atoms with Crippen LogP contribution in [0.15, 0.2) is 6.07 Å². The molecule has 0 aromatic carbocycles. The maximum atomic E-state index is 11.3. The van der Waals surface area contributed by atoms with Gasteiger partial charge in [0.15, 0.2) is 0 Å². The monoisotopic (exact) mass is 254 g/mol. The van der Waals surface area contributed by atoms with Crippen molar-refractivity contribution in [1.29, 1.82) is 0 Å². The van der Waals surface area contributed by atoms with Crippen molar-refractivity contribution in [3.05, 3.63) is 22.9 Å². The maximum absolute atomic E-state index is 11.3. The highest BCUT2D eigenvalue weighted by atomic mass is 16.4. The summed E-state index contributed by atoms with van der Waals surface area (Å²) < 4.78 is 0. The third kappa shape index (κ3) is 3.18. The molecule has 6 nitrogen and oxygen atoms in total. The maximum Gasteiger partial charge on any atom is 0.339 e. The fraction of sp³-hybridized carbons (Fsp3) is 0.500. The van der Waals surface area contributed by atoms with E-state index >= 15 is 0 Å². The first-order valence-corrected chi connectivity index (χ1v) is 5.69. The van der Waals surface area contributed by atoms with Crippen LogP contribution in [0.25, 0.3) is 0 Å². The molecule has 0 aliphatic rings.